The predicted molar refractivity (Wildman–Crippen MR) is 125 cm³/mol. The van der Waals surface area contributed by atoms with Crippen molar-refractivity contribution in [3.8, 4) is 5.75 Å². The third kappa shape index (κ3) is 3.46. The number of allylic oxidation sites excluding steroid dienone is 1. The summed E-state index contributed by atoms with van der Waals surface area (Å²) in [6, 6.07) is 18.1. The largest absolute Gasteiger partial charge is 0.488 e. The van der Waals surface area contributed by atoms with Crippen LogP contribution in [0.4, 0.5) is 0 Å². The van der Waals surface area contributed by atoms with Crippen molar-refractivity contribution in [2.75, 3.05) is 7.11 Å². The number of benzene rings is 3. The van der Waals surface area contributed by atoms with Crippen LogP contribution >= 0.6 is 0 Å². The van der Waals surface area contributed by atoms with Crippen LogP contribution in [0, 0.1) is 13.8 Å². The van der Waals surface area contributed by atoms with E-state index in [0.29, 0.717) is 24.5 Å². The molecule has 1 aliphatic heterocycles. The Labute approximate surface area is 186 Å². The highest BCUT2D eigenvalue weighted by Crippen LogP contribution is 2.37. The zero-order valence-corrected chi connectivity index (χ0v) is 18.4. The number of hydrogen-bond acceptors (Lipinski definition) is 4. The molecule has 0 atom stereocenters. The Hall–Kier alpha value is -3.86. The van der Waals surface area contributed by atoms with Gasteiger partial charge in [0.2, 0.25) is 0 Å². The molecule has 0 fully saturated rings. The van der Waals surface area contributed by atoms with Crippen LogP contribution in [0.25, 0.3) is 16.6 Å². The summed E-state index contributed by atoms with van der Waals surface area (Å²) in [5.74, 6) is 0.302. The molecule has 1 aliphatic rings. The van der Waals surface area contributed by atoms with E-state index >= 15 is 0 Å². The maximum absolute atomic E-state index is 12.0. The highest BCUT2D eigenvalue weighted by Gasteiger charge is 2.21. The summed E-state index contributed by atoms with van der Waals surface area (Å²) in [6.45, 7) is 5.34. The van der Waals surface area contributed by atoms with Crippen molar-refractivity contribution in [2.24, 2.45) is 0 Å². The van der Waals surface area contributed by atoms with E-state index in [-0.39, 0.29) is 5.97 Å². The van der Waals surface area contributed by atoms with Gasteiger partial charge in [0.15, 0.2) is 0 Å². The highest BCUT2D eigenvalue weighted by atomic mass is 16.5. The van der Waals surface area contributed by atoms with Gasteiger partial charge in [-0.05, 0) is 72.0 Å². The van der Waals surface area contributed by atoms with E-state index in [1.165, 1.54) is 18.2 Å². The molecule has 5 nitrogen and oxygen atoms in total. The lowest BCUT2D eigenvalue weighted by molar-refractivity contribution is 0.0600. The minimum atomic E-state index is -0.376. The average molecular weight is 425 g/mol. The maximum Gasteiger partial charge on any atom is 0.337 e. The first kappa shape index (κ1) is 20.1. The molecule has 32 heavy (non-hydrogen) atoms. The van der Waals surface area contributed by atoms with Crippen molar-refractivity contribution in [1.29, 1.82) is 0 Å². The fourth-order valence-corrected chi connectivity index (χ4v) is 4.19. The van der Waals surface area contributed by atoms with Crippen molar-refractivity contribution in [1.82, 2.24) is 9.55 Å². The van der Waals surface area contributed by atoms with Gasteiger partial charge in [-0.2, -0.15) is 0 Å². The fourth-order valence-electron chi connectivity index (χ4n) is 4.19. The zero-order chi connectivity index (χ0) is 22.2. The van der Waals surface area contributed by atoms with Crippen LogP contribution in [0.2, 0.25) is 0 Å². The Morgan fingerprint density at radius 1 is 1.09 bits per heavy atom. The molecule has 5 heteroatoms. The molecule has 160 valence electrons. The van der Waals surface area contributed by atoms with E-state index in [0.717, 1.165) is 33.3 Å². The van der Waals surface area contributed by atoms with E-state index in [9.17, 15) is 4.79 Å². The van der Waals surface area contributed by atoms with E-state index in [4.69, 9.17) is 9.47 Å². The van der Waals surface area contributed by atoms with Crippen LogP contribution in [0.3, 0.4) is 0 Å². The molecule has 0 N–H and O–H groups in total. The SMILES string of the molecule is COC(=O)c1ccc2c(c1)OCc1ccccc1C2=CCn1cnc2cc(C)c(C)cc21. The summed E-state index contributed by atoms with van der Waals surface area (Å²) in [5.41, 5.74) is 9.36. The number of fused-ring (bicyclic) bond motifs is 3. The second kappa shape index (κ2) is 8.00. The first-order valence-corrected chi connectivity index (χ1v) is 10.6. The average Bonchev–Trinajstić information content (AvgIpc) is 3.11. The van der Waals surface area contributed by atoms with E-state index in [1.807, 2.05) is 24.5 Å². The molecule has 2 heterocycles. The number of carbonyl (C=O) groups is 1. The summed E-state index contributed by atoms with van der Waals surface area (Å²) in [4.78, 5) is 16.6. The monoisotopic (exact) mass is 424 g/mol. The summed E-state index contributed by atoms with van der Waals surface area (Å²) in [7, 11) is 1.38. The summed E-state index contributed by atoms with van der Waals surface area (Å²) in [5, 5.41) is 0. The number of imidazole rings is 1. The lowest BCUT2D eigenvalue weighted by Gasteiger charge is -2.12. The van der Waals surface area contributed by atoms with Crippen molar-refractivity contribution < 1.29 is 14.3 Å². The van der Waals surface area contributed by atoms with Gasteiger partial charge in [-0.1, -0.05) is 30.3 Å². The molecule has 0 aliphatic carbocycles. The molecule has 1 aromatic heterocycles. The molecule has 0 unspecified atom stereocenters. The molecule has 0 spiro atoms. The number of aromatic nitrogens is 2. The molecule has 0 amide bonds. The van der Waals surface area contributed by atoms with Gasteiger partial charge in [-0.3, -0.25) is 0 Å². The number of hydrogen-bond donors (Lipinski definition) is 0. The highest BCUT2D eigenvalue weighted by molar-refractivity contribution is 5.92. The molecule has 3 aromatic carbocycles. The molecular weight excluding hydrogens is 400 g/mol. The fraction of sp³-hybridized carbons (Fsp3) is 0.185. The Morgan fingerprint density at radius 3 is 2.75 bits per heavy atom. The Kier molecular flexibility index (Phi) is 5.02. The lowest BCUT2D eigenvalue weighted by Crippen LogP contribution is -2.03. The van der Waals surface area contributed by atoms with Crippen LogP contribution in [0.1, 0.15) is 38.2 Å². The minimum absolute atomic E-state index is 0.376. The first-order valence-electron chi connectivity index (χ1n) is 10.6. The number of methoxy groups -OCH3 is 1. The zero-order valence-electron chi connectivity index (χ0n) is 18.4. The van der Waals surface area contributed by atoms with E-state index in [1.54, 1.807) is 12.1 Å². The third-order valence-electron chi connectivity index (χ3n) is 6.11. The number of aryl methyl sites for hydroxylation is 2. The molecule has 4 aromatic rings. The number of ether oxygens (including phenoxy) is 2. The van der Waals surface area contributed by atoms with E-state index < -0.39 is 0 Å². The minimum Gasteiger partial charge on any atom is -0.488 e. The van der Waals surface area contributed by atoms with Crippen LogP contribution in [-0.4, -0.2) is 22.6 Å². The molecule has 0 saturated heterocycles. The Balaban J connectivity index is 1.62. The smallest absolute Gasteiger partial charge is 0.337 e. The van der Waals surface area contributed by atoms with Gasteiger partial charge in [0.25, 0.3) is 0 Å². The predicted octanol–water partition coefficient (Wildman–Crippen LogP) is 5.46. The normalized spacial score (nSPS) is 13.9. The van der Waals surface area contributed by atoms with Gasteiger partial charge in [-0.15, -0.1) is 0 Å². The molecule has 0 bridgehead atoms. The van der Waals surface area contributed by atoms with Crippen LogP contribution in [0.15, 0.2) is 67.0 Å². The van der Waals surface area contributed by atoms with Crippen LogP contribution in [-0.2, 0) is 17.9 Å². The second-order valence-corrected chi connectivity index (χ2v) is 8.09. The first-order chi connectivity index (χ1) is 15.5. The van der Waals surface area contributed by atoms with E-state index in [2.05, 4.69) is 53.7 Å². The number of rotatable bonds is 3. The van der Waals surface area contributed by atoms with Crippen LogP contribution < -0.4 is 4.74 Å². The Bertz CT molecular complexity index is 1380. The van der Waals surface area contributed by atoms with Gasteiger partial charge in [0.05, 0.1) is 30.0 Å². The summed E-state index contributed by atoms with van der Waals surface area (Å²) in [6.07, 6.45) is 4.10. The van der Waals surface area contributed by atoms with Gasteiger partial charge < -0.3 is 14.0 Å². The quantitative estimate of drug-likeness (QED) is 0.410. The molecule has 0 saturated carbocycles. The molecule has 5 rings (SSSR count). The van der Waals surface area contributed by atoms with Crippen molar-refractivity contribution >= 4 is 22.6 Å². The second-order valence-electron chi connectivity index (χ2n) is 8.09. The topological polar surface area (TPSA) is 53.4 Å². The standard InChI is InChI=1S/C27H24N2O3/c1-17-12-24-25(13-18(17)2)29(16-28-24)11-10-22-21-7-5-4-6-20(21)15-32-26-14-19(27(30)31-3)8-9-23(22)26/h4-10,12-14,16H,11,15H2,1-3H3. The van der Waals surface area contributed by atoms with Gasteiger partial charge in [-0.25, -0.2) is 9.78 Å². The lowest BCUT2D eigenvalue weighted by atomic mass is 9.93. The molecule has 0 radical (unpaired) electrons. The number of carbonyl (C=O) groups excluding carboxylic acids is 1. The molecular formula is C27H24N2O3. The van der Waals surface area contributed by atoms with Crippen molar-refractivity contribution in [3.05, 3.63) is 100 Å². The maximum atomic E-state index is 12.0. The summed E-state index contributed by atoms with van der Waals surface area (Å²) >= 11 is 0. The number of nitrogens with zero attached hydrogens (tertiary/aromatic N) is 2. The van der Waals surface area contributed by atoms with Gasteiger partial charge >= 0.3 is 5.97 Å². The summed E-state index contributed by atoms with van der Waals surface area (Å²) < 4.78 is 13.2. The van der Waals surface area contributed by atoms with Crippen molar-refractivity contribution in [3.63, 3.8) is 0 Å². The number of esters is 1. The Morgan fingerprint density at radius 2 is 1.91 bits per heavy atom. The van der Waals surface area contributed by atoms with Crippen LogP contribution in [0.5, 0.6) is 5.75 Å². The van der Waals surface area contributed by atoms with Gasteiger partial charge in [0.1, 0.15) is 12.4 Å². The third-order valence-corrected chi connectivity index (χ3v) is 6.11. The van der Waals surface area contributed by atoms with Gasteiger partial charge in [0, 0.05) is 12.1 Å². The van der Waals surface area contributed by atoms with Crippen molar-refractivity contribution in [2.45, 2.75) is 27.0 Å².